The van der Waals surface area contributed by atoms with Crippen LogP contribution in [0.2, 0.25) is 0 Å². The van der Waals surface area contributed by atoms with Crippen molar-refractivity contribution in [3.05, 3.63) is 65.5 Å². The second-order valence-electron chi connectivity index (χ2n) is 5.28. The van der Waals surface area contributed by atoms with E-state index in [1.54, 1.807) is 6.07 Å². The maximum atomic E-state index is 13.6. The van der Waals surface area contributed by atoms with Crippen molar-refractivity contribution in [1.29, 1.82) is 0 Å². The second-order valence-corrected chi connectivity index (χ2v) is 5.69. The van der Waals surface area contributed by atoms with E-state index in [9.17, 15) is 9.18 Å². The number of hydrogen-bond acceptors (Lipinski definition) is 2. The highest BCUT2D eigenvalue weighted by atomic mass is 32.1. The van der Waals surface area contributed by atoms with E-state index < -0.39 is 11.7 Å². The van der Waals surface area contributed by atoms with Crippen LogP contribution in [-0.4, -0.2) is 11.0 Å². The van der Waals surface area contributed by atoms with Crippen LogP contribution in [0.5, 0.6) is 0 Å². The van der Waals surface area contributed by atoms with E-state index >= 15 is 0 Å². The Kier molecular flexibility index (Phi) is 5.82. The van der Waals surface area contributed by atoms with Gasteiger partial charge < -0.3 is 5.32 Å². The first-order valence-corrected chi connectivity index (χ1v) is 7.89. The summed E-state index contributed by atoms with van der Waals surface area (Å²) in [5.41, 5.74) is 1.94. The lowest BCUT2D eigenvalue weighted by atomic mass is 9.97. The first-order valence-electron chi connectivity index (χ1n) is 7.48. The molecule has 0 aliphatic carbocycles. The molecule has 0 bridgehead atoms. The molecular formula is C18H19FN2OS. The van der Waals surface area contributed by atoms with Crippen LogP contribution in [0, 0.1) is 5.82 Å². The molecule has 0 aromatic heterocycles. The molecular weight excluding hydrogens is 311 g/mol. The van der Waals surface area contributed by atoms with Crippen LogP contribution in [0.25, 0.3) is 0 Å². The van der Waals surface area contributed by atoms with Crippen molar-refractivity contribution >= 4 is 28.9 Å². The predicted octanol–water partition coefficient (Wildman–Crippen LogP) is 4.47. The van der Waals surface area contributed by atoms with Gasteiger partial charge in [0.2, 0.25) is 0 Å². The number of nitrogens with one attached hydrogen (secondary N) is 2. The minimum Gasteiger partial charge on any atom is -0.332 e. The maximum absolute atomic E-state index is 13.6. The molecule has 0 aliphatic heterocycles. The van der Waals surface area contributed by atoms with E-state index in [4.69, 9.17) is 12.2 Å². The van der Waals surface area contributed by atoms with Gasteiger partial charge in [0.05, 0.1) is 5.56 Å². The van der Waals surface area contributed by atoms with E-state index in [1.807, 2.05) is 24.3 Å². The predicted molar refractivity (Wildman–Crippen MR) is 95.2 cm³/mol. The Morgan fingerprint density at radius 3 is 2.52 bits per heavy atom. The van der Waals surface area contributed by atoms with Crippen molar-refractivity contribution in [1.82, 2.24) is 5.32 Å². The topological polar surface area (TPSA) is 41.1 Å². The van der Waals surface area contributed by atoms with Crippen molar-refractivity contribution in [3.8, 4) is 0 Å². The highest BCUT2D eigenvalue weighted by Crippen LogP contribution is 2.26. The van der Waals surface area contributed by atoms with E-state index in [1.165, 1.54) is 18.2 Å². The Bertz CT molecular complexity index is 718. The quantitative estimate of drug-likeness (QED) is 0.813. The zero-order valence-corrected chi connectivity index (χ0v) is 13.9. The molecule has 3 nitrogen and oxygen atoms in total. The molecule has 1 unspecified atom stereocenters. The number of para-hydroxylation sites is 1. The molecule has 1 amide bonds. The molecule has 0 saturated carbocycles. The number of benzene rings is 2. The smallest absolute Gasteiger partial charge is 0.260 e. The number of halogens is 1. The standard InChI is InChI=1S/C18H19FN2OS/c1-3-12(2)13-8-5-7-11-16(13)20-18(23)21-17(22)14-9-4-6-10-15(14)19/h4-12H,3H2,1-2H3,(H2,20,21,22,23). The number of thiocarbonyl (C=S) groups is 1. The minimum absolute atomic E-state index is 0.0353. The summed E-state index contributed by atoms with van der Waals surface area (Å²) in [4.78, 5) is 12.1. The summed E-state index contributed by atoms with van der Waals surface area (Å²) >= 11 is 5.17. The van der Waals surface area contributed by atoms with Crippen LogP contribution in [0.15, 0.2) is 48.5 Å². The third-order valence-corrected chi connectivity index (χ3v) is 3.90. The average Bonchev–Trinajstić information content (AvgIpc) is 2.54. The fourth-order valence-corrected chi connectivity index (χ4v) is 2.43. The average molecular weight is 330 g/mol. The molecule has 1 atom stereocenters. The summed E-state index contributed by atoms with van der Waals surface area (Å²) in [5.74, 6) is -0.779. The summed E-state index contributed by atoms with van der Waals surface area (Å²) < 4.78 is 13.6. The van der Waals surface area contributed by atoms with Crippen LogP contribution < -0.4 is 10.6 Å². The van der Waals surface area contributed by atoms with E-state index in [0.29, 0.717) is 5.92 Å². The highest BCUT2D eigenvalue weighted by Gasteiger charge is 2.14. The maximum Gasteiger partial charge on any atom is 0.260 e. The van der Waals surface area contributed by atoms with Crippen LogP contribution in [0.1, 0.15) is 42.1 Å². The number of rotatable bonds is 4. The van der Waals surface area contributed by atoms with Gasteiger partial charge >= 0.3 is 0 Å². The van der Waals surface area contributed by atoms with Crippen LogP contribution >= 0.6 is 12.2 Å². The lowest BCUT2D eigenvalue weighted by Crippen LogP contribution is -2.34. The van der Waals surface area contributed by atoms with E-state index in [-0.39, 0.29) is 10.7 Å². The van der Waals surface area contributed by atoms with Gasteiger partial charge in [-0.2, -0.15) is 0 Å². The van der Waals surface area contributed by atoms with Gasteiger partial charge in [-0.3, -0.25) is 10.1 Å². The Morgan fingerprint density at radius 2 is 1.83 bits per heavy atom. The van der Waals surface area contributed by atoms with Crippen molar-refractivity contribution < 1.29 is 9.18 Å². The number of amides is 1. The van der Waals surface area contributed by atoms with Crippen molar-refractivity contribution in [2.45, 2.75) is 26.2 Å². The molecule has 5 heteroatoms. The molecule has 2 N–H and O–H groups in total. The summed E-state index contributed by atoms with van der Waals surface area (Å²) in [6.07, 6.45) is 0.993. The molecule has 2 aromatic rings. The first-order chi connectivity index (χ1) is 11.0. The van der Waals surface area contributed by atoms with Gasteiger partial charge in [-0.15, -0.1) is 0 Å². The third kappa shape index (κ3) is 4.36. The molecule has 0 saturated heterocycles. The van der Waals surface area contributed by atoms with Crippen LogP contribution in [0.4, 0.5) is 10.1 Å². The van der Waals surface area contributed by atoms with Gasteiger partial charge in [0.25, 0.3) is 5.91 Å². The Balaban J connectivity index is 2.09. The molecule has 0 spiro atoms. The second kappa shape index (κ2) is 7.83. The molecule has 0 radical (unpaired) electrons. The lowest BCUT2D eigenvalue weighted by Gasteiger charge is -2.17. The SMILES string of the molecule is CCC(C)c1ccccc1NC(=S)NC(=O)c1ccccc1F. The zero-order valence-electron chi connectivity index (χ0n) is 13.1. The molecule has 0 aliphatic rings. The van der Waals surface area contributed by atoms with Gasteiger partial charge in [-0.05, 0) is 48.3 Å². The number of anilines is 1. The highest BCUT2D eigenvalue weighted by molar-refractivity contribution is 7.80. The zero-order chi connectivity index (χ0) is 16.8. The Labute approximate surface area is 140 Å². The molecule has 2 aromatic carbocycles. The number of carbonyl (C=O) groups excluding carboxylic acids is 1. The fourth-order valence-electron chi connectivity index (χ4n) is 2.23. The summed E-state index contributed by atoms with van der Waals surface area (Å²) in [6, 6.07) is 13.6. The van der Waals surface area contributed by atoms with Crippen molar-refractivity contribution in [2.24, 2.45) is 0 Å². The van der Waals surface area contributed by atoms with Crippen molar-refractivity contribution in [3.63, 3.8) is 0 Å². The van der Waals surface area contributed by atoms with Crippen LogP contribution in [0.3, 0.4) is 0 Å². The monoisotopic (exact) mass is 330 g/mol. The van der Waals surface area contributed by atoms with Gasteiger partial charge in [-0.1, -0.05) is 44.2 Å². The van der Waals surface area contributed by atoms with Crippen LogP contribution in [-0.2, 0) is 0 Å². The minimum atomic E-state index is -0.576. The van der Waals surface area contributed by atoms with Crippen molar-refractivity contribution in [2.75, 3.05) is 5.32 Å². The van der Waals surface area contributed by atoms with Gasteiger partial charge in [0.15, 0.2) is 5.11 Å². The molecule has 0 heterocycles. The number of hydrogen-bond donors (Lipinski definition) is 2. The Hall–Kier alpha value is -2.27. The van der Waals surface area contributed by atoms with Gasteiger partial charge in [0.1, 0.15) is 5.82 Å². The summed E-state index contributed by atoms with van der Waals surface area (Å²) in [6.45, 7) is 4.24. The van der Waals surface area contributed by atoms with E-state index in [2.05, 4.69) is 24.5 Å². The van der Waals surface area contributed by atoms with E-state index in [0.717, 1.165) is 17.7 Å². The molecule has 120 valence electrons. The molecule has 0 fully saturated rings. The molecule has 2 rings (SSSR count). The largest absolute Gasteiger partial charge is 0.332 e. The molecule has 23 heavy (non-hydrogen) atoms. The number of carbonyl (C=O) groups is 1. The fraction of sp³-hybridized carbons (Fsp3) is 0.222. The first kappa shape index (κ1) is 17.1. The normalized spacial score (nSPS) is 11.6. The summed E-state index contributed by atoms with van der Waals surface area (Å²) in [7, 11) is 0. The lowest BCUT2D eigenvalue weighted by molar-refractivity contribution is 0.0974. The Morgan fingerprint density at radius 1 is 1.17 bits per heavy atom. The summed E-state index contributed by atoms with van der Waals surface area (Å²) in [5, 5.41) is 5.68. The van der Waals surface area contributed by atoms with Gasteiger partial charge in [-0.25, -0.2) is 4.39 Å². The van der Waals surface area contributed by atoms with Gasteiger partial charge in [0, 0.05) is 5.69 Å². The third-order valence-electron chi connectivity index (χ3n) is 3.70.